The van der Waals surface area contributed by atoms with Crippen molar-refractivity contribution in [3.05, 3.63) is 34.3 Å². The molecule has 108 valence electrons. The van der Waals surface area contributed by atoms with Gasteiger partial charge >= 0.3 is 6.03 Å². The molecule has 0 radical (unpaired) electrons. The maximum absolute atomic E-state index is 12.1. The van der Waals surface area contributed by atoms with Gasteiger partial charge in [0.2, 0.25) is 0 Å². The monoisotopic (exact) mass is 337 g/mol. The zero-order chi connectivity index (χ0) is 13.9. The number of halogens is 1. The summed E-state index contributed by atoms with van der Waals surface area (Å²) in [7, 11) is 0. The number of amides is 2. The smallest absolute Gasteiger partial charge is 0.318 e. The molecule has 3 rings (SSSR count). The van der Waals surface area contributed by atoms with Crippen LogP contribution in [0.2, 0.25) is 0 Å². The van der Waals surface area contributed by atoms with E-state index in [1.807, 2.05) is 23.1 Å². The minimum atomic E-state index is 0.0538. The van der Waals surface area contributed by atoms with Gasteiger partial charge in [-0.3, -0.25) is 0 Å². The summed E-state index contributed by atoms with van der Waals surface area (Å²) >= 11 is 3.56. The van der Waals surface area contributed by atoms with Gasteiger partial charge in [-0.15, -0.1) is 0 Å². The Morgan fingerprint density at radius 1 is 1.30 bits per heavy atom. The summed E-state index contributed by atoms with van der Waals surface area (Å²) in [5.41, 5.74) is 1.15. The molecule has 5 heteroatoms. The number of piperidine rings is 1. The summed E-state index contributed by atoms with van der Waals surface area (Å²) in [6.45, 7) is 2.64. The number of hydrogen-bond donors (Lipinski definition) is 2. The van der Waals surface area contributed by atoms with Gasteiger partial charge < -0.3 is 15.5 Å². The Kier molecular flexibility index (Phi) is 4.27. The van der Waals surface area contributed by atoms with E-state index >= 15 is 0 Å². The fraction of sp³-hybridized carbons (Fsp3) is 0.533. The Hall–Kier alpha value is -1.07. The van der Waals surface area contributed by atoms with E-state index in [-0.39, 0.29) is 12.1 Å². The highest BCUT2D eigenvalue weighted by atomic mass is 79.9. The minimum absolute atomic E-state index is 0.0538. The molecular formula is C15H20BrN3O. The zero-order valence-electron chi connectivity index (χ0n) is 11.4. The Labute approximate surface area is 128 Å². The Morgan fingerprint density at radius 3 is 2.90 bits per heavy atom. The second-order valence-corrected chi connectivity index (χ2v) is 6.43. The van der Waals surface area contributed by atoms with Gasteiger partial charge in [0.05, 0.1) is 6.04 Å². The van der Waals surface area contributed by atoms with Crippen molar-refractivity contribution < 1.29 is 4.79 Å². The molecule has 2 N–H and O–H groups in total. The summed E-state index contributed by atoms with van der Waals surface area (Å²) < 4.78 is 1.06. The molecule has 0 aromatic heterocycles. The molecule has 2 fully saturated rings. The molecule has 0 bridgehead atoms. The molecule has 1 aromatic carbocycles. The number of urea groups is 1. The molecule has 2 atom stereocenters. The SMILES string of the molecule is O=C1NC(c2ccccc2Br)CN1CC1CCCCN1. The molecule has 2 saturated heterocycles. The summed E-state index contributed by atoms with van der Waals surface area (Å²) in [6.07, 6.45) is 3.69. The molecule has 2 heterocycles. The molecule has 0 aliphatic carbocycles. The Morgan fingerprint density at radius 2 is 2.15 bits per heavy atom. The fourth-order valence-electron chi connectivity index (χ4n) is 3.03. The van der Waals surface area contributed by atoms with Gasteiger partial charge in [0.1, 0.15) is 0 Å². The quantitative estimate of drug-likeness (QED) is 0.890. The molecule has 20 heavy (non-hydrogen) atoms. The van der Waals surface area contributed by atoms with Gasteiger partial charge in [0.25, 0.3) is 0 Å². The molecule has 2 aliphatic rings. The van der Waals surface area contributed by atoms with Crippen molar-refractivity contribution in [2.24, 2.45) is 0 Å². The molecule has 2 unspecified atom stereocenters. The lowest BCUT2D eigenvalue weighted by Gasteiger charge is -2.27. The van der Waals surface area contributed by atoms with Crippen LogP contribution < -0.4 is 10.6 Å². The van der Waals surface area contributed by atoms with Gasteiger partial charge in [-0.2, -0.15) is 0 Å². The first-order valence-electron chi connectivity index (χ1n) is 7.27. The number of hydrogen-bond acceptors (Lipinski definition) is 2. The Bertz CT molecular complexity index is 488. The zero-order valence-corrected chi connectivity index (χ0v) is 13.0. The summed E-state index contributed by atoms with van der Waals surface area (Å²) in [5, 5.41) is 6.58. The van der Waals surface area contributed by atoms with Crippen molar-refractivity contribution in [3.63, 3.8) is 0 Å². The van der Waals surface area contributed by atoms with E-state index in [1.54, 1.807) is 0 Å². The van der Waals surface area contributed by atoms with Crippen molar-refractivity contribution >= 4 is 22.0 Å². The number of nitrogens with zero attached hydrogens (tertiary/aromatic N) is 1. The van der Waals surface area contributed by atoms with Crippen LogP contribution >= 0.6 is 15.9 Å². The molecule has 1 aromatic rings. The lowest BCUT2D eigenvalue weighted by Crippen LogP contribution is -2.44. The number of nitrogens with one attached hydrogen (secondary N) is 2. The first-order valence-corrected chi connectivity index (χ1v) is 8.06. The highest BCUT2D eigenvalue weighted by molar-refractivity contribution is 9.10. The van der Waals surface area contributed by atoms with Crippen LogP contribution in [0, 0.1) is 0 Å². The number of carbonyl (C=O) groups is 1. The molecular weight excluding hydrogens is 318 g/mol. The van der Waals surface area contributed by atoms with Gasteiger partial charge in [0.15, 0.2) is 0 Å². The van der Waals surface area contributed by atoms with Crippen molar-refractivity contribution in [1.82, 2.24) is 15.5 Å². The van der Waals surface area contributed by atoms with Crippen LogP contribution in [-0.2, 0) is 0 Å². The third-order valence-corrected chi connectivity index (χ3v) is 4.84. The van der Waals surface area contributed by atoms with E-state index in [0.29, 0.717) is 6.04 Å². The van der Waals surface area contributed by atoms with Crippen LogP contribution in [0.25, 0.3) is 0 Å². The second-order valence-electron chi connectivity index (χ2n) is 5.58. The standard InChI is InChI=1S/C15H20BrN3O/c16-13-7-2-1-6-12(13)14-10-19(15(20)18-14)9-11-5-3-4-8-17-11/h1-2,6-7,11,14,17H,3-5,8-10H2,(H,18,20). The largest absolute Gasteiger partial charge is 0.329 e. The van der Waals surface area contributed by atoms with E-state index in [2.05, 4.69) is 32.6 Å². The van der Waals surface area contributed by atoms with Crippen LogP contribution in [0.1, 0.15) is 30.9 Å². The van der Waals surface area contributed by atoms with Crippen LogP contribution in [0.4, 0.5) is 4.79 Å². The number of rotatable bonds is 3. The van der Waals surface area contributed by atoms with Gasteiger partial charge in [0, 0.05) is 23.6 Å². The maximum atomic E-state index is 12.1. The average Bonchev–Trinajstić information content (AvgIpc) is 2.81. The molecule has 0 saturated carbocycles. The molecule has 0 spiro atoms. The molecule has 2 amide bonds. The van der Waals surface area contributed by atoms with Crippen LogP contribution in [0.15, 0.2) is 28.7 Å². The third-order valence-electron chi connectivity index (χ3n) is 4.12. The fourth-order valence-corrected chi connectivity index (χ4v) is 3.59. The normalized spacial score (nSPS) is 26.6. The summed E-state index contributed by atoms with van der Waals surface area (Å²) in [6, 6.07) is 8.68. The number of carbonyl (C=O) groups excluding carboxylic acids is 1. The average molecular weight is 338 g/mol. The van der Waals surface area contributed by atoms with Crippen LogP contribution in [0.3, 0.4) is 0 Å². The van der Waals surface area contributed by atoms with Crippen LogP contribution in [0.5, 0.6) is 0 Å². The van der Waals surface area contributed by atoms with E-state index in [0.717, 1.165) is 29.7 Å². The predicted octanol–water partition coefficient (Wildman–Crippen LogP) is 2.66. The van der Waals surface area contributed by atoms with Crippen molar-refractivity contribution in [2.75, 3.05) is 19.6 Å². The highest BCUT2D eigenvalue weighted by Gasteiger charge is 2.32. The van der Waals surface area contributed by atoms with Crippen molar-refractivity contribution in [3.8, 4) is 0 Å². The minimum Gasteiger partial charge on any atom is -0.329 e. The lowest BCUT2D eigenvalue weighted by atomic mass is 10.0. The maximum Gasteiger partial charge on any atom is 0.318 e. The predicted molar refractivity (Wildman–Crippen MR) is 82.6 cm³/mol. The van der Waals surface area contributed by atoms with E-state index in [1.165, 1.54) is 19.3 Å². The first-order chi connectivity index (χ1) is 9.74. The summed E-state index contributed by atoms with van der Waals surface area (Å²) in [4.78, 5) is 14.1. The molecule has 4 nitrogen and oxygen atoms in total. The third kappa shape index (κ3) is 2.99. The van der Waals surface area contributed by atoms with Gasteiger partial charge in [-0.25, -0.2) is 4.79 Å². The van der Waals surface area contributed by atoms with Gasteiger partial charge in [-0.05, 0) is 31.0 Å². The van der Waals surface area contributed by atoms with Crippen molar-refractivity contribution in [2.45, 2.75) is 31.3 Å². The van der Waals surface area contributed by atoms with Crippen LogP contribution in [-0.4, -0.2) is 36.6 Å². The highest BCUT2D eigenvalue weighted by Crippen LogP contribution is 2.27. The second kappa shape index (κ2) is 6.14. The van der Waals surface area contributed by atoms with Crippen molar-refractivity contribution in [1.29, 1.82) is 0 Å². The van der Waals surface area contributed by atoms with E-state index in [4.69, 9.17) is 0 Å². The molecule has 2 aliphatic heterocycles. The van der Waals surface area contributed by atoms with E-state index < -0.39 is 0 Å². The number of benzene rings is 1. The topological polar surface area (TPSA) is 44.4 Å². The lowest BCUT2D eigenvalue weighted by molar-refractivity contribution is 0.207. The summed E-state index contributed by atoms with van der Waals surface area (Å²) in [5.74, 6) is 0. The van der Waals surface area contributed by atoms with Gasteiger partial charge in [-0.1, -0.05) is 40.5 Å². The van der Waals surface area contributed by atoms with E-state index in [9.17, 15) is 4.79 Å². The first kappa shape index (κ1) is 13.9. The Balaban J connectivity index is 1.64.